The number of carboxylic acids is 1. The Hall–Kier alpha value is -3.83. The zero-order chi connectivity index (χ0) is 25.4. The molecule has 3 aromatic rings. The van der Waals surface area contributed by atoms with Crippen molar-refractivity contribution in [3.63, 3.8) is 0 Å². The smallest absolute Gasteiger partial charge is 0.304 e. The molecule has 1 heterocycles. The third kappa shape index (κ3) is 4.67. The highest BCUT2D eigenvalue weighted by molar-refractivity contribution is 7.90. The first-order chi connectivity index (χ1) is 17.2. The molecule has 36 heavy (non-hydrogen) atoms. The molecular weight excluding hydrogens is 478 g/mol. The van der Waals surface area contributed by atoms with Crippen LogP contribution in [0.3, 0.4) is 0 Å². The van der Waals surface area contributed by atoms with Crippen molar-refractivity contribution in [3.05, 3.63) is 88.0 Å². The van der Waals surface area contributed by atoms with Gasteiger partial charge in [-0.1, -0.05) is 24.3 Å². The third-order valence-electron chi connectivity index (χ3n) is 6.89. The molecule has 1 N–H and O–H groups in total. The highest BCUT2D eigenvalue weighted by atomic mass is 32.2. The van der Waals surface area contributed by atoms with E-state index >= 15 is 0 Å². The summed E-state index contributed by atoms with van der Waals surface area (Å²) in [7, 11) is -3.27. The summed E-state index contributed by atoms with van der Waals surface area (Å²) in [5.74, 6) is 0.315. The van der Waals surface area contributed by atoms with Crippen molar-refractivity contribution in [1.29, 1.82) is 5.26 Å². The van der Waals surface area contributed by atoms with Gasteiger partial charge in [-0.15, -0.1) is 0 Å². The van der Waals surface area contributed by atoms with Crippen LogP contribution in [0.25, 0.3) is 0 Å². The van der Waals surface area contributed by atoms with Crippen molar-refractivity contribution >= 4 is 15.8 Å². The van der Waals surface area contributed by atoms with Crippen LogP contribution in [0.4, 0.5) is 0 Å². The summed E-state index contributed by atoms with van der Waals surface area (Å²) in [6.07, 6.45) is 3.11. The minimum absolute atomic E-state index is 0.0319. The molecule has 0 amide bonds. The average Bonchev–Trinajstić information content (AvgIpc) is 3.43. The van der Waals surface area contributed by atoms with E-state index in [2.05, 4.69) is 6.07 Å². The lowest BCUT2D eigenvalue weighted by atomic mass is 9.92. The van der Waals surface area contributed by atoms with Gasteiger partial charge in [0.2, 0.25) is 0 Å². The number of rotatable bonds is 7. The first kappa shape index (κ1) is 23.9. The third-order valence-corrected chi connectivity index (χ3v) is 8.02. The maximum atomic E-state index is 11.8. The van der Waals surface area contributed by atoms with Crippen LogP contribution in [0.1, 0.15) is 58.2 Å². The molecule has 0 saturated carbocycles. The van der Waals surface area contributed by atoms with Crippen molar-refractivity contribution in [1.82, 2.24) is 0 Å². The minimum Gasteiger partial charge on any atom is -0.492 e. The summed E-state index contributed by atoms with van der Waals surface area (Å²) < 4.78 is 35.6. The van der Waals surface area contributed by atoms with Gasteiger partial charge in [-0.25, -0.2) is 8.42 Å². The lowest BCUT2D eigenvalue weighted by Crippen LogP contribution is -2.07. The standard InChI is InChI=1S/C28H25NO6S/c1-36(32,33)21-6-2-17(3-7-21)12-25-18(15-29)4-8-24-23(25)10-11-26(24)35-20-5-9-22-19(13-28(30)31)16-34-27(22)14-20/h2-9,14,19,26H,10-13,16H2,1H3,(H,30,31)/t19?,26-/m1/s1. The van der Waals surface area contributed by atoms with Gasteiger partial charge in [-0.2, -0.15) is 5.26 Å². The largest absolute Gasteiger partial charge is 0.492 e. The van der Waals surface area contributed by atoms with Crippen LogP contribution < -0.4 is 9.47 Å². The number of ether oxygens (including phenoxy) is 2. The van der Waals surface area contributed by atoms with E-state index in [0.717, 1.165) is 40.7 Å². The van der Waals surface area contributed by atoms with Crippen molar-refractivity contribution in [2.75, 3.05) is 12.9 Å². The second kappa shape index (κ2) is 9.32. The number of nitrogens with zero attached hydrogens (tertiary/aromatic N) is 1. The van der Waals surface area contributed by atoms with E-state index in [1.54, 1.807) is 24.3 Å². The SMILES string of the molecule is CS(=O)(=O)c1ccc(Cc2c(C#N)ccc3c2CC[C@H]3Oc2ccc3c(c2)OCC3CC(=O)O)cc1. The number of benzene rings is 3. The van der Waals surface area contributed by atoms with Gasteiger partial charge in [0.05, 0.1) is 29.6 Å². The topological polar surface area (TPSA) is 114 Å². The van der Waals surface area contributed by atoms with Crippen LogP contribution in [-0.2, 0) is 27.5 Å². The summed E-state index contributed by atoms with van der Waals surface area (Å²) in [6, 6.07) is 18.4. The normalized spacial score (nSPS) is 18.1. The summed E-state index contributed by atoms with van der Waals surface area (Å²) >= 11 is 0. The van der Waals surface area contributed by atoms with Crippen molar-refractivity contribution in [3.8, 4) is 17.6 Å². The number of carbonyl (C=O) groups is 1. The summed E-state index contributed by atoms with van der Waals surface area (Å²) in [4.78, 5) is 11.4. The molecule has 2 aliphatic rings. The summed E-state index contributed by atoms with van der Waals surface area (Å²) in [5, 5.41) is 18.8. The average molecular weight is 504 g/mol. The molecule has 0 radical (unpaired) electrons. The van der Waals surface area contributed by atoms with Crippen molar-refractivity contribution < 1.29 is 27.8 Å². The molecule has 1 aliphatic heterocycles. The van der Waals surface area contributed by atoms with E-state index in [0.29, 0.717) is 30.1 Å². The number of nitriles is 1. The van der Waals surface area contributed by atoms with E-state index < -0.39 is 15.8 Å². The molecule has 0 fully saturated rings. The maximum Gasteiger partial charge on any atom is 0.304 e. The molecular formula is C28H25NO6S. The molecule has 7 nitrogen and oxygen atoms in total. The molecule has 0 bridgehead atoms. The van der Waals surface area contributed by atoms with Crippen LogP contribution >= 0.6 is 0 Å². The van der Waals surface area contributed by atoms with Gasteiger partial charge in [0.25, 0.3) is 0 Å². The van der Waals surface area contributed by atoms with Gasteiger partial charge >= 0.3 is 5.97 Å². The van der Waals surface area contributed by atoms with Gasteiger partial charge in [0.15, 0.2) is 9.84 Å². The molecule has 0 spiro atoms. The van der Waals surface area contributed by atoms with E-state index in [1.807, 2.05) is 30.3 Å². The Kier molecular flexibility index (Phi) is 6.19. The lowest BCUT2D eigenvalue weighted by Gasteiger charge is -2.17. The van der Waals surface area contributed by atoms with E-state index in [4.69, 9.17) is 14.6 Å². The number of hydrogen-bond acceptors (Lipinski definition) is 6. The second-order valence-electron chi connectivity index (χ2n) is 9.31. The quantitative estimate of drug-likeness (QED) is 0.502. The molecule has 8 heteroatoms. The second-order valence-corrected chi connectivity index (χ2v) is 11.3. The summed E-state index contributed by atoms with van der Waals surface area (Å²) in [5.41, 5.74) is 5.52. The fourth-order valence-electron chi connectivity index (χ4n) is 5.10. The first-order valence-corrected chi connectivity index (χ1v) is 13.6. The highest BCUT2D eigenvalue weighted by Gasteiger charge is 2.30. The Balaban J connectivity index is 1.38. The fourth-order valence-corrected chi connectivity index (χ4v) is 5.73. The fraction of sp³-hybridized carbons (Fsp3) is 0.286. The number of hydrogen-bond donors (Lipinski definition) is 1. The zero-order valence-corrected chi connectivity index (χ0v) is 20.5. The molecule has 0 aromatic heterocycles. The van der Waals surface area contributed by atoms with Crippen LogP contribution in [-0.4, -0.2) is 32.4 Å². The predicted octanol–water partition coefficient (Wildman–Crippen LogP) is 4.57. The van der Waals surface area contributed by atoms with Crippen LogP contribution in [0.2, 0.25) is 0 Å². The number of carboxylic acid groups (broad SMARTS) is 1. The van der Waals surface area contributed by atoms with Gasteiger partial charge in [0.1, 0.15) is 17.6 Å². The number of sulfone groups is 1. The van der Waals surface area contributed by atoms with E-state index in [-0.39, 0.29) is 23.3 Å². The Bertz CT molecular complexity index is 1490. The molecule has 1 aliphatic carbocycles. The minimum atomic E-state index is -3.27. The molecule has 1 unspecified atom stereocenters. The van der Waals surface area contributed by atoms with Gasteiger partial charge in [-0.05, 0) is 65.8 Å². The van der Waals surface area contributed by atoms with Crippen LogP contribution in [0.15, 0.2) is 59.5 Å². The first-order valence-electron chi connectivity index (χ1n) is 11.7. The van der Waals surface area contributed by atoms with Crippen LogP contribution in [0.5, 0.6) is 11.5 Å². The van der Waals surface area contributed by atoms with Gasteiger partial charge in [0, 0.05) is 23.8 Å². The maximum absolute atomic E-state index is 11.8. The number of fused-ring (bicyclic) bond motifs is 2. The van der Waals surface area contributed by atoms with E-state index in [1.165, 1.54) is 6.26 Å². The molecule has 3 aromatic carbocycles. The van der Waals surface area contributed by atoms with Gasteiger partial charge in [-0.3, -0.25) is 4.79 Å². The lowest BCUT2D eigenvalue weighted by molar-refractivity contribution is -0.137. The highest BCUT2D eigenvalue weighted by Crippen LogP contribution is 2.42. The Morgan fingerprint density at radius 2 is 1.89 bits per heavy atom. The van der Waals surface area contributed by atoms with E-state index in [9.17, 15) is 18.5 Å². The summed E-state index contributed by atoms with van der Waals surface area (Å²) in [6.45, 7) is 0.350. The van der Waals surface area contributed by atoms with Gasteiger partial charge < -0.3 is 14.6 Å². The zero-order valence-electron chi connectivity index (χ0n) is 19.7. The predicted molar refractivity (Wildman–Crippen MR) is 132 cm³/mol. The van der Waals surface area contributed by atoms with Crippen molar-refractivity contribution in [2.45, 2.75) is 42.6 Å². The van der Waals surface area contributed by atoms with Crippen molar-refractivity contribution in [2.24, 2.45) is 0 Å². The monoisotopic (exact) mass is 503 g/mol. The van der Waals surface area contributed by atoms with Crippen LogP contribution in [0, 0.1) is 11.3 Å². The molecule has 0 saturated heterocycles. The molecule has 2 atom stereocenters. The molecule has 184 valence electrons. The Labute approximate surface area is 209 Å². The Morgan fingerprint density at radius 1 is 1.14 bits per heavy atom. The molecule has 5 rings (SSSR count). The Morgan fingerprint density at radius 3 is 2.58 bits per heavy atom. The number of aliphatic carboxylic acids is 1.